The first kappa shape index (κ1) is 40.6. The molecular formula is C45H47F3N8O4. The van der Waals surface area contributed by atoms with E-state index in [1.54, 1.807) is 6.20 Å². The number of fused-ring (bicyclic) bond motifs is 2. The lowest BCUT2D eigenvalue weighted by Crippen LogP contribution is -2.47. The lowest BCUT2D eigenvalue weighted by Gasteiger charge is -2.38. The van der Waals surface area contributed by atoms with Crippen LogP contribution in [0, 0.1) is 29.4 Å². The van der Waals surface area contributed by atoms with E-state index in [1.807, 2.05) is 24.0 Å². The molecule has 3 aromatic heterocycles. The fourth-order valence-corrected chi connectivity index (χ4v) is 8.98. The van der Waals surface area contributed by atoms with E-state index in [4.69, 9.17) is 20.9 Å². The van der Waals surface area contributed by atoms with Crippen molar-refractivity contribution in [2.45, 2.75) is 63.7 Å². The summed E-state index contributed by atoms with van der Waals surface area (Å²) in [6, 6.07) is 9.09. The number of carbonyl (C=O) groups excluding carboxylic acids is 1. The number of aromatic nitrogens is 4. The predicted molar refractivity (Wildman–Crippen MR) is 225 cm³/mol. The van der Waals surface area contributed by atoms with Crippen molar-refractivity contribution in [3.05, 3.63) is 78.6 Å². The molecule has 2 aliphatic heterocycles. The van der Waals surface area contributed by atoms with Crippen molar-refractivity contribution in [1.82, 2.24) is 25.3 Å². The average Bonchev–Trinajstić information content (AvgIpc) is 3.85. The molecule has 0 unspecified atom stereocenters. The van der Waals surface area contributed by atoms with Gasteiger partial charge < -0.3 is 35.0 Å². The van der Waals surface area contributed by atoms with Gasteiger partial charge in [-0.1, -0.05) is 31.4 Å². The molecule has 0 bridgehead atoms. The van der Waals surface area contributed by atoms with E-state index in [0.29, 0.717) is 38.2 Å². The van der Waals surface area contributed by atoms with Gasteiger partial charge in [0.05, 0.1) is 35.7 Å². The number of nitrogens with one attached hydrogen (secondary N) is 2. The van der Waals surface area contributed by atoms with Gasteiger partial charge in [-0.15, -0.1) is 6.42 Å². The van der Waals surface area contributed by atoms with Crippen LogP contribution >= 0.6 is 0 Å². The van der Waals surface area contributed by atoms with Crippen LogP contribution in [0.5, 0.6) is 11.8 Å². The van der Waals surface area contributed by atoms with Gasteiger partial charge in [0.25, 0.3) is 0 Å². The summed E-state index contributed by atoms with van der Waals surface area (Å²) in [7, 11) is 0. The van der Waals surface area contributed by atoms with E-state index in [0.717, 1.165) is 37.2 Å². The van der Waals surface area contributed by atoms with Crippen LogP contribution < -0.4 is 25.2 Å². The Morgan fingerprint density at radius 2 is 1.98 bits per heavy atom. The minimum Gasteiger partial charge on any atom is -0.508 e. The summed E-state index contributed by atoms with van der Waals surface area (Å²) in [6.45, 7) is 10.2. The van der Waals surface area contributed by atoms with Crippen molar-refractivity contribution < 1.29 is 32.5 Å². The highest BCUT2D eigenvalue weighted by atomic mass is 19.1. The summed E-state index contributed by atoms with van der Waals surface area (Å²) in [6.07, 6.45) is 12.7. The van der Waals surface area contributed by atoms with E-state index in [9.17, 15) is 9.90 Å². The lowest BCUT2D eigenvalue weighted by atomic mass is 9.86. The average molecular weight is 821 g/mol. The quantitative estimate of drug-likeness (QED) is 0.0879. The van der Waals surface area contributed by atoms with Crippen molar-refractivity contribution in [1.29, 1.82) is 0 Å². The van der Waals surface area contributed by atoms with Gasteiger partial charge in [0.15, 0.2) is 5.82 Å². The first-order chi connectivity index (χ1) is 28.9. The standard InChI is InChI=1S/C45H47F3N8O4/c1-5-32-35(47)10-9-28-17-31(57)19-33(38(28)32)40-39(48)41-34(21-50-40)42(52-25-45(12-7-8-13-45)24-51-37(58)6-2)54-43(53-41)60-26-44(4)20-29(46)22-56(44)30-11-14-49-36(18-30)55-15-16-59-23-27(55)3/h1,6,9-11,14,17-19,21,27,29,57H,2,7-8,12-13,15-16,20,22-26H2,3-4H3,(H,51,58)(H,52,53,54)/t27-,29-,44+/m1/s1. The predicted octanol–water partition coefficient (Wildman–Crippen LogP) is 7.09. The summed E-state index contributed by atoms with van der Waals surface area (Å²) >= 11 is 0. The lowest BCUT2D eigenvalue weighted by molar-refractivity contribution is -0.116. The Labute approximate surface area is 346 Å². The Bertz CT molecular complexity index is 2510. The molecule has 5 heterocycles. The third kappa shape index (κ3) is 7.83. The van der Waals surface area contributed by atoms with E-state index in [2.05, 4.69) is 49.9 Å². The zero-order valence-electron chi connectivity index (χ0n) is 33.6. The van der Waals surface area contributed by atoms with Crippen molar-refractivity contribution in [3.8, 4) is 35.4 Å². The van der Waals surface area contributed by atoms with E-state index in [1.165, 1.54) is 36.5 Å². The second-order valence-corrected chi connectivity index (χ2v) is 16.4. The minimum atomic E-state index is -1.16. The number of halogens is 3. The zero-order chi connectivity index (χ0) is 42.2. The molecule has 3 atom stereocenters. The van der Waals surface area contributed by atoms with Gasteiger partial charge in [0.1, 0.15) is 47.2 Å². The van der Waals surface area contributed by atoms with Crippen LogP contribution in [0.4, 0.5) is 30.5 Å². The number of amides is 1. The first-order valence-electron chi connectivity index (χ1n) is 20.2. The summed E-state index contributed by atoms with van der Waals surface area (Å²) in [4.78, 5) is 34.7. The number of anilines is 3. The van der Waals surface area contributed by atoms with Crippen molar-refractivity contribution >= 4 is 44.9 Å². The molecule has 3 aliphatic rings. The number of ether oxygens (including phenoxy) is 2. The smallest absolute Gasteiger partial charge is 0.319 e. The Morgan fingerprint density at radius 1 is 1.17 bits per heavy atom. The van der Waals surface area contributed by atoms with Gasteiger partial charge >= 0.3 is 6.01 Å². The van der Waals surface area contributed by atoms with Crippen LogP contribution in [0.2, 0.25) is 0 Å². The molecule has 2 aromatic carbocycles. The van der Waals surface area contributed by atoms with E-state index >= 15 is 13.2 Å². The van der Waals surface area contributed by atoms with Gasteiger partial charge in [-0.05, 0) is 62.4 Å². The molecule has 60 heavy (non-hydrogen) atoms. The molecule has 1 saturated carbocycles. The normalized spacial score (nSPS) is 21.3. The number of rotatable bonds is 12. The van der Waals surface area contributed by atoms with Gasteiger partial charge in [0.2, 0.25) is 5.91 Å². The largest absolute Gasteiger partial charge is 0.508 e. The zero-order valence-corrected chi connectivity index (χ0v) is 33.6. The van der Waals surface area contributed by atoms with Crippen molar-refractivity contribution in [2.24, 2.45) is 5.41 Å². The van der Waals surface area contributed by atoms with Crippen LogP contribution in [0.3, 0.4) is 0 Å². The Kier molecular flexibility index (Phi) is 11.2. The summed E-state index contributed by atoms with van der Waals surface area (Å²) in [5.74, 6) is 1.32. The van der Waals surface area contributed by atoms with Crippen LogP contribution in [0.25, 0.3) is 32.9 Å². The monoisotopic (exact) mass is 820 g/mol. The van der Waals surface area contributed by atoms with E-state index < -0.39 is 23.3 Å². The van der Waals surface area contributed by atoms with Crippen LogP contribution in [0.1, 0.15) is 51.5 Å². The third-order valence-corrected chi connectivity index (χ3v) is 12.1. The number of benzene rings is 2. The van der Waals surface area contributed by atoms with Gasteiger partial charge in [0, 0.05) is 73.1 Å². The van der Waals surface area contributed by atoms with Gasteiger partial charge in [-0.25, -0.2) is 18.2 Å². The fourth-order valence-electron chi connectivity index (χ4n) is 8.98. The number of terminal acetylenes is 1. The Morgan fingerprint density at radius 3 is 2.75 bits per heavy atom. The number of hydrogen-bond acceptors (Lipinski definition) is 11. The molecule has 12 nitrogen and oxygen atoms in total. The molecule has 3 fully saturated rings. The van der Waals surface area contributed by atoms with Gasteiger partial charge in [-0.2, -0.15) is 9.97 Å². The number of alkyl halides is 1. The highest BCUT2D eigenvalue weighted by Gasteiger charge is 2.44. The summed E-state index contributed by atoms with van der Waals surface area (Å²) in [5.41, 5.74) is -0.826. The SMILES string of the molecule is C#Cc1c(F)ccc2cc(O)cc(-c3ncc4c(NCC5(CNC(=O)C=C)CCCC5)nc(OC[C@]5(C)C[C@@H](F)CN5c5ccnc(N6CCOC[C@H]6C)c5)nc4c3F)c12. The summed E-state index contributed by atoms with van der Waals surface area (Å²) in [5, 5.41) is 17.8. The second-order valence-electron chi connectivity index (χ2n) is 16.4. The number of aromatic hydroxyl groups is 1. The fraction of sp³-hybridized carbons (Fsp3) is 0.400. The van der Waals surface area contributed by atoms with Crippen LogP contribution in [0.15, 0.2) is 61.4 Å². The highest BCUT2D eigenvalue weighted by molar-refractivity contribution is 6.03. The molecule has 2 saturated heterocycles. The maximum Gasteiger partial charge on any atom is 0.319 e. The maximum atomic E-state index is 17.2. The third-order valence-electron chi connectivity index (χ3n) is 12.1. The van der Waals surface area contributed by atoms with Crippen LogP contribution in [-0.2, 0) is 9.53 Å². The Balaban J connectivity index is 1.18. The molecular weight excluding hydrogens is 774 g/mol. The highest BCUT2D eigenvalue weighted by Crippen LogP contribution is 2.42. The molecule has 1 amide bonds. The second kappa shape index (κ2) is 16.5. The van der Waals surface area contributed by atoms with Crippen LogP contribution in [-0.4, -0.2) is 94.7 Å². The topological polar surface area (TPSA) is 138 Å². The molecule has 8 rings (SSSR count). The molecule has 15 heteroatoms. The molecule has 3 N–H and O–H groups in total. The summed E-state index contributed by atoms with van der Waals surface area (Å²) < 4.78 is 59.6. The molecule has 5 aromatic rings. The van der Waals surface area contributed by atoms with Crippen molar-refractivity contribution in [3.63, 3.8) is 0 Å². The number of morpholine rings is 1. The number of hydrogen-bond donors (Lipinski definition) is 3. The Hall–Kier alpha value is -6.14. The number of phenolic OH excluding ortho intramolecular Hbond substituents is 1. The molecule has 312 valence electrons. The number of pyridine rings is 2. The maximum absolute atomic E-state index is 17.2. The van der Waals surface area contributed by atoms with Crippen molar-refractivity contribution in [2.75, 3.05) is 61.1 Å². The van der Waals surface area contributed by atoms with Gasteiger partial charge in [-0.3, -0.25) is 9.78 Å². The number of carbonyl (C=O) groups is 1. The first-order valence-corrected chi connectivity index (χ1v) is 20.2. The number of phenols is 1. The number of nitrogens with zero attached hydrogens (tertiary/aromatic N) is 6. The molecule has 0 radical (unpaired) electrons. The van der Waals surface area contributed by atoms with E-state index in [-0.39, 0.29) is 87.6 Å². The molecule has 0 spiro atoms. The molecule has 1 aliphatic carbocycles. The minimum absolute atomic E-state index is 0.0525.